The normalized spacial score (nSPS) is 11.8. The molecule has 0 radical (unpaired) electrons. The first-order chi connectivity index (χ1) is 9.15. The number of carbonyl (C=O) groups is 1. The zero-order valence-corrected chi connectivity index (χ0v) is 10.9. The molecule has 19 heavy (non-hydrogen) atoms. The molecule has 0 amide bonds. The molecular formula is C15H13ClO3. The summed E-state index contributed by atoms with van der Waals surface area (Å²) in [6.07, 6.45) is -0.661. The lowest BCUT2D eigenvalue weighted by atomic mass is 10.1. The largest absolute Gasteiger partial charge is 0.478 e. The molecule has 0 aliphatic heterocycles. The van der Waals surface area contributed by atoms with E-state index in [2.05, 4.69) is 0 Å². The minimum Gasteiger partial charge on any atom is -0.478 e. The van der Waals surface area contributed by atoms with Crippen LogP contribution in [-0.2, 0) is 11.2 Å². The molecule has 3 nitrogen and oxygen atoms in total. The van der Waals surface area contributed by atoms with Gasteiger partial charge in [0.15, 0.2) is 6.10 Å². The third-order valence-electron chi connectivity index (χ3n) is 2.61. The van der Waals surface area contributed by atoms with Gasteiger partial charge in [-0.2, -0.15) is 0 Å². The van der Waals surface area contributed by atoms with E-state index in [1.54, 1.807) is 42.5 Å². The van der Waals surface area contributed by atoms with Crippen molar-refractivity contribution in [2.75, 3.05) is 0 Å². The van der Waals surface area contributed by atoms with Crippen LogP contribution >= 0.6 is 11.6 Å². The molecule has 0 spiro atoms. The Labute approximate surface area is 116 Å². The van der Waals surface area contributed by atoms with Crippen molar-refractivity contribution >= 4 is 17.6 Å². The quantitative estimate of drug-likeness (QED) is 0.910. The van der Waals surface area contributed by atoms with Gasteiger partial charge in [0, 0.05) is 11.4 Å². The van der Waals surface area contributed by atoms with Crippen LogP contribution < -0.4 is 4.74 Å². The molecule has 2 aromatic carbocycles. The molecule has 0 unspecified atom stereocenters. The predicted molar refractivity (Wildman–Crippen MR) is 73.6 cm³/mol. The highest BCUT2D eigenvalue weighted by Gasteiger charge is 2.20. The van der Waals surface area contributed by atoms with Crippen LogP contribution in [0.5, 0.6) is 5.75 Å². The summed E-state index contributed by atoms with van der Waals surface area (Å²) < 4.78 is 5.48. The van der Waals surface area contributed by atoms with Crippen molar-refractivity contribution in [3.05, 3.63) is 65.2 Å². The number of benzene rings is 2. The Morgan fingerprint density at radius 2 is 1.89 bits per heavy atom. The fraction of sp³-hybridized carbons (Fsp3) is 0.133. The van der Waals surface area contributed by atoms with Gasteiger partial charge in [0.25, 0.3) is 0 Å². The Morgan fingerprint density at radius 1 is 1.16 bits per heavy atom. The second-order valence-electron chi connectivity index (χ2n) is 4.09. The Balaban J connectivity index is 2.11. The van der Waals surface area contributed by atoms with Crippen molar-refractivity contribution in [1.29, 1.82) is 0 Å². The van der Waals surface area contributed by atoms with E-state index in [9.17, 15) is 9.90 Å². The minimum absolute atomic E-state index is 0.269. The Kier molecular flexibility index (Phi) is 4.42. The van der Waals surface area contributed by atoms with E-state index in [1.165, 1.54) is 0 Å². The monoisotopic (exact) mass is 276 g/mol. The lowest BCUT2D eigenvalue weighted by Crippen LogP contribution is -2.29. The number of hydrogen-bond donors (Lipinski definition) is 1. The van der Waals surface area contributed by atoms with Crippen molar-refractivity contribution in [3.8, 4) is 5.75 Å². The van der Waals surface area contributed by atoms with Gasteiger partial charge in [0.2, 0.25) is 0 Å². The van der Waals surface area contributed by atoms with Crippen LogP contribution in [0.3, 0.4) is 0 Å². The van der Waals surface area contributed by atoms with Crippen molar-refractivity contribution in [2.45, 2.75) is 12.5 Å². The van der Waals surface area contributed by atoms with Crippen LogP contribution in [0.1, 0.15) is 5.56 Å². The van der Waals surface area contributed by atoms with E-state index >= 15 is 0 Å². The average molecular weight is 277 g/mol. The zero-order valence-electron chi connectivity index (χ0n) is 10.1. The standard InChI is InChI=1S/C15H13ClO3/c16-12-6-4-5-11(9-12)10-14(15(17)18)19-13-7-2-1-3-8-13/h1-9,14H,10H2,(H,17,18)/t14-/m1/s1. The smallest absolute Gasteiger partial charge is 0.345 e. The Morgan fingerprint density at radius 3 is 2.53 bits per heavy atom. The number of carboxylic acids is 1. The van der Waals surface area contributed by atoms with Gasteiger partial charge >= 0.3 is 5.97 Å². The van der Waals surface area contributed by atoms with Crippen LogP contribution in [0.15, 0.2) is 54.6 Å². The van der Waals surface area contributed by atoms with Gasteiger partial charge in [-0.05, 0) is 29.8 Å². The molecule has 2 aromatic rings. The molecule has 0 heterocycles. The average Bonchev–Trinajstić information content (AvgIpc) is 2.39. The second-order valence-corrected chi connectivity index (χ2v) is 4.53. The molecule has 4 heteroatoms. The van der Waals surface area contributed by atoms with Crippen LogP contribution in [0.2, 0.25) is 5.02 Å². The highest BCUT2D eigenvalue weighted by Crippen LogP contribution is 2.16. The van der Waals surface area contributed by atoms with E-state index in [-0.39, 0.29) is 6.42 Å². The fourth-order valence-electron chi connectivity index (χ4n) is 1.72. The van der Waals surface area contributed by atoms with Gasteiger partial charge in [0.1, 0.15) is 5.75 Å². The fourth-order valence-corrected chi connectivity index (χ4v) is 1.93. The summed E-state index contributed by atoms with van der Waals surface area (Å²) in [6, 6.07) is 16.0. The van der Waals surface area contributed by atoms with E-state index in [1.807, 2.05) is 12.1 Å². The van der Waals surface area contributed by atoms with Crippen LogP contribution in [0.25, 0.3) is 0 Å². The van der Waals surface area contributed by atoms with Gasteiger partial charge in [-0.3, -0.25) is 0 Å². The lowest BCUT2D eigenvalue weighted by Gasteiger charge is -2.15. The van der Waals surface area contributed by atoms with Crippen molar-refractivity contribution in [2.24, 2.45) is 0 Å². The third-order valence-corrected chi connectivity index (χ3v) is 2.84. The first kappa shape index (κ1) is 13.4. The van der Waals surface area contributed by atoms with Gasteiger partial charge in [-0.15, -0.1) is 0 Å². The maximum atomic E-state index is 11.2. The summed E-state index contributed by atoms with van der Waals surface area (Å²) in [5, 5.41) is 9.79. The summed E-state index contributed by atoms with van der Waals surface area (Å²) in [7, 11) is 0. The topological polar surface area (TPSA) is 46.5 Å². The van der Waals surface area contributed by atoms with Crippen LogP contribution in [0, 0.1) is 0 Å². The maximum absolute atomic E-state index is 11.2. The van der Waals surface area contributed by atoms with Gasteiger partial charge < -0.3 is 9.84 Å². The molecule has 0 saturated carbocycles. The summed E-state index contributed by atoms with van der Waals surface area (Å²) >= 11 is 5.88. The van der Waals surface area contributed by atoms with Crippen molar-refractivity contribution in [3.63, 3.8) is 0 Å². The molecule has 98 valence electrons. The summed E-state index contributed by atoms with van der Waals surface area (Å²) in [5.74, 6) is -0.458. The Hall–Kier alpha value is -2.00. The summed E-state index contributed by atoms with van der Waals surface area (Å²) in [4.78, 5) is 11.2. The van der Waals surface area contributed by atoms with Gasteiger partial charge in [-0.1, -0.05) is 41.9 Å². The van der Waals surface area contributed by atoms with Crippen LogP contribution in [-0.4, -0.2) is 17.2 Å². The number of ether oxygens (including phenoxy) is 1. The molecule has 0 aliphatic carbocycles. The molecule has 0 aliphatic rings. The summed E-state index contributed by atoms with van der Waals surface area (Å²) in [6.45, 7) is 0. The molecular weight excluding hydrogens is 264 g/mol. The molecule has 0 bridgehead atoms. The van der Waals surface area contributed by atoms with Crippen LogP contribution in [0.4, 0.5) is 0 Å². The van der Waals surface area contributed by atoms with E-state index in [4.69, 9.17) is 16.3 Å². The van der Waals surface area contributed by atoms with E-state index in [0.29, 0.717) is 10.8 Å². The number of halogens is 1. The third kappa shape index (κ3) is 4.00. The number of carboxylic acid groups (broad SMARTS) is 1. The first-order valence-electron chi connectivity index (χ1n) is 5.84. The maximum Gasteiger partial charge on any atom is 0.345 e. The minimum atomic E-state index is -0.996. The molecule has 0 aromatic heterocycles. The predicted octanol–water partition coefficient (Wildman–Crippen LogP) is 3.41. The Bertz CT molecular complexity index is 554. The lowest BCUT2D eigenvalue weighted by molar-refractivity contribution is -0.145. The molecule has 0 fully saturated rings. The number of rotatable bonds is 5. The SMILES string of the molecule is O=C(O)[C@@H](Cc1cccc(Cl)c1)Oc1ccccc1. The number of para-hydroxylation sites is 1. The van der Waals surface area contributed by atoms with Gasteiger partial charge in [-0.25, -0.2) is 4.79 Å². The van der Waals surface area contributed by atoms with E-state index in [0.717, 1.165) is 5.56 Å². The van der Waals surface area contributed by atoms with E-state index < -0.39 is 12.1 Å². The van der Waals surface area contributed by atoms with Crippen molar-refractivity contribution < 1.29 is 14.6 Å². The first-order valence-corrected chi connectivity index (χ1v) is 6.22. The molecule has 1 atom stereocenters. The van der Waals surface area contributed by atoms with Crippen molar-refractivity contribution in [1.82, 2.24) is 0 Å². The highest BCUT2D eigenvalue weighted by atomic mass is 35.5. The molecule has 1 N–H and O–H groups in total. The van der Waals surface area contributed by atoms with Gasteiger partial charge in [0.05, 0.1) is 0 Å². The molecule has 2 rings (SSSR count). The molecule has 0 saturated heterocycles. The second kappa shape index (κ2) is 6.25. The highest BCUT2D eigenvalue weighted by molar-refractivity contribution is 6.30. The summed E-state index contributed by atoms with van der Waals surface area (Å²) in [5.41, 5.74) is 0.829. The number of aliphatic carboxylic acids is 1. The number of hydrogen-bond acceptors (Lipinski definition) is 2. The zero-order chi connectivity index (χ0) is 13.7.